The second-order valence-corrected chi connectivity index (χ2v) is 6.41. The van der Waals surface area contributed by atoms with Gasteiger partial charge in [0.25, 0.3) is 0 Å². The number of hydrogen-bond donors (Lipinski definition) is 2. The Morgan fingerprint density at radius 1 is 1.19 bits per heavy atom. The van der Waals surface area contributed by atoms with Gasteiger partial charge in [-0.05, 0) is 43.2 Å². The molecule has 2 amide bonds. The largest absolute Gasteiger partial charge is 0.357 e. The number of aromatic nitrogens is 2. The predicted octanol–water partition coefficient (Wildman–Crippen LogP) is 2.56. The number of allylic oxidation sites excluding steroid dienone is 1. The lowest BCUT2D eigenvalue weighted by molar-refractivity contribution is 0.252. The Labute approximate surface area is 151 Å². The molecule has 2 aliphatic heterocycles. The molecule has 0 unspecified atom stereocenters. The highest BCUT2D eigenvalue weighted by molar-refractivity contribution is 6.08. The van der Waals surface area contributed by atoms with Gasteiger partial charge in [0.2, 0.25) is 0 Å². The Hall–Kier alpha value is -3.22. The SMILES string of the molecule is N=C(/C=C1/CN(c2cccnc2)C(=O)N1)c1ccc(N2CCCC2)nc1. The number of anilines is 2. The van der Waals surface area contributed by atoms with Gasteiger partial charge in [-0.15, -0.1) is 0 Å². The van der Waals surface area contributed by atoms with Crippen molar-refractivity contribution in [2.24, 2.45) is 0 Å². The molecule has 0 spiro atoms. The highest BCUT2D eigenvalue weighted by Gasteiger charge is 2.25. The Kier molecular flexibility index (Phi) is 4.35. The van der Waals surface area contributed by atoms with Crippen LogP contribution in [-0.2, 0) is 0 Å². The summed E-state index contributed by atoms with van der Waals surface area (Å²) in [5.74, 6) is 0.962. The van der Waals surface area contributed by atoms with Gasteiger partial charge in [-0.25, -0.2) is 9.78 Å². The molecule has 0 bridgehead atoms. The lowest BCUT2D eigenvalue weighted by Crippen LogP contribution is -2.27. The molecule has 26 heavy (non-hydrogen) atoms. The van der Waals surface area contributed by atoms with Crippen LogP contribution in [0.1, 0.15) is 18.4 Å². The molecule has 2 N–H and O–H groups in total. The van der Waals surface area contributed by atoms with Crippen molar-refractivity contribution in [3.63, 3.8) is 0 Å². The van der Waals surface area contributed by atoms with Crippen molar-refractivity contribution in [1.82, 2.24) is 15.3 Å². The molecule has 7 nitrogen and oxygen atoms in total. The average molecular weight is 348 g/mol. The molecular formula is C19H20N6O. The fourth-order valence-corrected chi connectivity index (χ4v) is 3.23. The molecule has 2 aliphatic rings. The number of amides is 2. The second-order valence-electron chi connectivity index (χ2n) is 6.41. The van der Waals surface area contributed by atoms with Crippen LogP contribution in [0, 0.1) is 5.41 Å². The first-order valence-corrected chi connectivity index (χ1v) is 8.70. The van der Waals surface area contributed by atoms with E-state index in [2.05, 4.69) is 20.2 Å². The van der Waals surface area contributed by atoms with Crippen LogP contribution in [-0.4, -0.2) is 41.3 Å². The van der Waals surface area contributed by atoms with Crippen molar-refractivity contribution >= 4 is 23.2 Å². The average Bonchev–Trinajstić information content (AvgIpc) is 3.32. The maximum atomic E-state index is 12.2. The van der Waals surface area contributed by atoms with Gasteiger partial charge < -0.3 is 15.6 Å². The molecule has 0 aromatic carbocycles. The number of carbonyl (C=O) groups is 1. The number of carbonyl (C=O) groups excluding carboxylic acids is 1. The van der Waals surface area contributed by atoms with Crippen LogP contribution in [0.15, 0.2) is 54.6 Å². The zero-order valence-electron chi connectivity index (χ0n) is 14.4. The van der Waals surface area contributed by atoms with Gasteiger partial charge in [-0.3, -0.25) is 9.88 Å². The second kappa shape index (κ2) is 6.95. The third-order valence-corrected chi connectivity index (χ3v) is 4.61. The molecule has 0 saturated carbocycles. The van der Waals surface area contributed by atoms with Crippen molar-refractivity contribution in [2.75, 3.05) is 29.4 Å². The third-order valence-electron chi connectivity index (χ3n) is 4.61. The first-order chi connectivity index (χ1) is 12.7. The van der Waals surface area contributed by atoms with E-state index in [1.54, 1.807) is 35.6 Å². The molecule has 0 aliphatic carbocycles. The summed E-state index contributed by atoms with van der Waals surface area (Å²) >= 11 is 0. The summed E-state index contributed by atoms with van der Waals surface area (Å²) in [6.45, 7) is 2.49. The van der Waals surface area contributed by atoms with E-state index in [1.807, 2.05) is 18.2 Å². The predicted molar refractivity (Wildman–Crippen MR) is 101 cm³/mol. The molecule has 4 heterocycles. The van der Waals surface area contributed by atoms with Crippen LogP contribution in [0.2, 0.25) is 0 Å². The minimum absolute atomic E-state index is 0.209. The monoisotopic (exact) mass is 348 g/mol. The Balaban J connectivity index is 1.46. The van der Waals surface area contributed by atoms with Crippen molar-refractivity contribution in [2.45, 2.75) is 12.8 Å². The summed E-state index contributed by atoms with van der Waals surface area (Å²) < 4.78 is 0. The van der Waals surface area contributed by atoms with E-state index >= 15 is 0 Å². The summed E-state index contributed by atoms with van der Waals surface area (Å²) in [6.07, 6.45) is 9.14. The summed E-state index contributed by atoms with van der Waals surface area (Å²) in [4.78, 5) is 24.5. The van der Waals surface area contributed by atoms with E-state index in [4.69, 9.17) is 5.41 Å². The van der Waals surface area contributed by atoms with Crippen molar-refractivity contribution in [1.29, 1.82) is 5.41 Å². The van der Waals surface area contributed by atoms with Crippen LogP contribution >= 0.6 is 0 Å². The van der Waals surface area contributed by atoms with Gasteiger partial charge in [0.1, 0.15) is 5.82 Å². The molecule has 0 atom stereocenters. The minimum Gasteiger partial charge on any atom is -0.357 e. The topological polar surface area (TPSA) is 85.2 Å². The maximum Gasteiger partial charge on any atom is 0.326 e. The van der Waals surface area contributed by atoms with E-state index in [1.165, 1.54) is 12.8 Å². The lowest BCUT2D eigenvalue weighted by Gasteiger charge is -2.16. The maximum absolute atomic E-state index is 12.2. The van der Waals surface area contributed by atoms with E-state index in [9.17, 15) is 4.79 Å². The highest BCUT2D eigenvalue weighted by atomic mass is 16.2. The van der Waals surface area contributed by atoms with Gasteiger partial charge >= 0.3 is 6.03 Å². The first-order valence-electron chi connectivity index (χ1n) is 8.70. The minimum atomic E-state index is -0.209. The standard InChI is InChI=1S/C19H20N6O/c20-17(14-5-6-18(22-11-14)24-8-1-2-9-24)10-15-13-25(19(26)23-15)16-4-3-7-21-12-16/h3-7,10-12,20H,1-2,8-9,13H2,(H,23,26)/b15-10-,20-17?. The highest BCUT2D eigenvalue weighted by Crippen LogP contribution is 2.20. The Bertz CT molecular complexity index is 840. The van der Waals surface area contributed by atoms with E-state index in [-0.39, 0.29) is 6.03 Å². The van der Waals surface area contributed by atoms with Crippen LogP contribution in [0.25, 0.3) is 0 Å². The molecule has 2 saturated heterocycles. The van der Waals surface area contributed by atoms with E-state index < -0.39 is 0 Å². The molecular weight excluding hydrogens is 328 g/mol. The molecule has 0 radical (unpaired) electrons. The number of nitrogens with one attached hydrogen (secondary N) is 2. The Morgan fingerprint density at radius 2 is 2.04 bits per heavy atom. The third kappa shape index (κ3) is 3.28. The fourth-order valence-electron chi connectivity index (χ4n) is 3.23. The molecule has 2 fully saturated rings. The molecule has 7 heteroatoms. The number of hydrogen-bond acceptors (Lipinski definition) is 5. The van der Waals surface area contributed by atoms with Crippen molar-refractivity contribution in [3.8, 4) is 0 Å². The zero-order chi connectivity index (χ0) is 17.9. The molecule has 2 aromatic heterocycles. The first kappa shape index (κ1) is 16.3. The summed E-state index contributed by atoms with van der Waals surface area (Å²) in [5, 5.41) is 11.1. The smallest absolute Gasteiger partial charge is 0.326 e. The zero-order valence-corrected chi connectivity index (χ0v) is 14.4. The van der Waals surface area contributed by atoms with Crippen LogP contribution in [0.3, 0.4) is 0 Å². The molecule has 4 rings (SSSR count). The van der Waals surface area contributed by atoms with Crippen LogP contribution in [0.5, 0.6) is 0 Å². The summed E-state index contributed by atoms with van der Waals surface area (Å²) in [5.41, 5.74) is 2.48. The van der Waals surface area contributed by atoms with Gasteiger partial charge in [-0.1, -0.05) is 0 Å². The van der Waals surface area contributed by atoms with Crippen LogP contribution in [0.4, 0.5) is 16.3 Å². The van der Waals surface area contributed by atoms with Gasteiger partial charge in [0.05, 0.1) is 24.1 Å². The van der Waals surface area contributed by atoms with E-state index in [0.29, 0.717) is 18.0 Å². The lowest BCUT2D eigenvalue weighted by atomic mass is 10.1. The Morgan fingerprint density at radius 3 is 2.73 bits per heavy atom. The normalized spacial score (nSPS) is 18.5. The van der Waals surface area contributed by atoms with Gasteiger partial charge in [0.15, 0.2) is 0 Å². The van der Waals surface area contributed by atoms with Gasteiger partial charge in [-0.2, -0.15) is 0 Å². The molecule has 132 valence electrons. The quantitative estimate of drug-likeness (QED) is 0.832. The number of pyridine rings is 2. The number of nitrogens with zero attached hydrogens (tertiary/aromatic N) is 4. The number of rotatable bonds is 4. The summed E-state index contributed by atoms with van der Waals surface area (Å²) in [7, 11) is 0. The molecule has 2 aromatic rings. The summed E-state index contributed by atoms with van der Waals surface area (Å²) in [6, 6.07) is 7.29. The van der Waals surface area contributed by atoms with E-state index in [0.717, 1.165) is 30.2 Å². The van der Waals surface area contributed by atoms with Gasteiger partial charge in [0, 0.05) is 36.7 Å². The number of urea groups is 1. The van der Waals surface area contributed by atoms with Crippen LogP contribution < -0.4 is 15.1 Å². The fraction of sp³-hybridized carbons (Fsp3) is 0.263. The van der Waals surface area contributed by atoms with Crippen molar-refractivity contribution in [3.05, 3.63) is 60.2 Å². The van der Waals surface area contributed by atoms with Crippen molar-refractivity contribution < 1.29 is 4.79 Å².